The third-order valence-electron chi connectivity index (χ3n) is 6.17. The van der Waals surface area contributed by atoms with Gasteiger partial charge >= 0.3 is 0 Å². The number of H-pyrrole nitrogens is 2. The Kier molecular flexibility index (Phi) is 12.2. The zero-order valence-electron chi connectivity index (χ0n) is 21.4. The van der Waals surface area contributed by atoms with Crippen molar-refractivity contribution < 1.29 is 9.53 Å². The van der Waals surface area contributed by atoms with E-state index >= 15 is 0 Å². The van der Waals surface area contributed by atoms with Crippen molar-refractivity contribution in [2.75, 3.05) is 25.0 Å². The molecule has 1 aliphatic rings. The monoisotopic (exact) mass is 550 g/mol. The van der Waals surface area contributed by atoms with E-state index in [1.807, 2.05) is 30.5 Å². The van der Waals surface area contributed by atoms with E-state index in [1.54, 1.807) is 18.3 Å². The maximum absolute atomic E-state index is 11.9. The number of carbonyl (C=O) groups excluding carboxylic acids is 1. The minimum absolute atomic E-state index is 0.0685. The molecule has 1 aliphatic heterocycles. The highest BCUT2D eigenvalue weighted by Crippen LogP contribution is 2.26. The molecule has 0 unspecified atom stereocenters. The molecule has 0 amide bonds. The summed E-state index contributed by atoms with van der Waals surface area (Å²) in [6, 6.07) is 11.1. The molecule has 0 atom stereocenters. The van der Waals surface area contributed by atoms with Crippen LogP contribution in [-0.4, -0.2) is 40.7 Å². The van der Waals surface area contributed by atoms with Crippen LogP contribution in [0.5, 0.6) is 0 Å². The van der Waals surface area contributed by atoms with Crippen molar-refractivity contribution in [3.8, 4) is 0 Å². The van der Waals surface area contributed by atoms with E-state index in [1.165, 1.54) is 23.8 Å². The Labute approximate surface area is 233 Å². The lowest BCUT2D eigenvalue weighted by molar-refractivity contribution is 0.0983. The minimum Gasteiger partial charge on any atom is -0.381 e. The highest BCUT2D eigenvalue weighted by atomic mass is 35.5. The van der Waals surface area contributed by atoms with Crippen molar-refractivity contribution >= 4 is 62.2 Å². The zero-order valence-corrected chi connectivity index (χ0v) is 22.9. The fourth-order valence-corrected chi connectivity index (χ4v) is 4.46. The topological polar surface area (TPSA) is 66.6 Å². The van der Waals surface area contributed by atoms with Crippen molar-refractivity contribution in [2.45, 2.75) is 44.9 Å². The SMILES string of the molecule is C1CCOC1.[C-]#[N+]c1ccc2[nH]cc(C(=O)CCCCl)c2c1.[C-]#[N+]c1ccc2[nH]cc(CCCCCl)c2c1. The smallest absolute Gasteiger partial charge is 0.188 e. The number of unbranched alkanes of at least 4 members (excludes halogenated alkanes) is 1. The van der Waals surface area contributed by atoms with E-state index in [9.17, 15) is 4.79 Å². The summed E-state index contributed by atoms with van der Waals surface area (Å²) in [6.45, 7) is 16.0. The van der Waals surface area contributed by atoms with Crippen LogP contribution in [0.4, 0.5) is 11.4 Å². The van der Waals surface area contributed by atoms with E-state index in [4.69, 9.17) is 41.1 Å². The van der Waals surface area contributed by atoms with Gasteiger partial charge in [-0.1, -0.05) is 12.1 Å². The summed E-state index contributed by atoms with van der Waals surface area (Å²) in [5.41, 5.74) is 5.16. The molecule has 0 spiro atoms. The molecule has 38 heavy (non-hydrogen) atoms. The maximum atomic E-state index is 11.9. The van der Waals surface area contributed by atoms with Crippen LogP contribution >= 0.6 is 23.2 Å². The molecular formula is C30H32Cl2N4O2. The summed E-state index contributed by atoms with van der Waals surface area (Å²) in [4.78, 5) is 25.0. The van der Waals surface area contributed by atoms with Crippen LogP contribution in [0.15, 0.2) is 48.8 Å². The molecule has 0 aliphatic carbocycles. The highest BCUT2D eigenvalue weighted by Gasteiger charge is 2.12. The molecule has 3 heterocycles. The second kappa shape index (κ2) is 15.8. The van der Waals surface area contributed by atoms with Crippen molar-refractivity contribution in [1.82, 2.24) is 9.97 Å². The Hall–Kier alpha value is -3.29. The van der Waals surface area contributed by atoms with Gasteiger partial charge in [-0.2, -0.15) is 0 Å². The van der Waals surface area contributed by atoms with E-state index in [2.05, 4.69) is 19.7 Å². The average molecular weight is 552 g/mol. The van der Waals surface area contributed by atoms with Crippen LogP contribution in [0.2, 0.25) is 0 Å². The van der Waals surface area contributed by atoms with Crippen molar-refractivity contribution in [3.63, 3.8) is 0 Å². The van der Waals surface area contributed by atoms with Gasteiger partial charge in [0.15, 0.2) is 17.2 Å². The Morgan fingerprint density at radius 2 is 1.45 bits per heavy atom. The van der Waals surface area contributed by atoms with Gasteiger partial charge in [0.25, 0.3) is 0 Å². The molecule has 8 heteroatoms. The first-order valence-corrected chi connectivity index (χ1v) is 13.9. The fourth-order valence-electron chi connectivity index (χ4n) is 4.13. The highest BCUT2D eigenvalue weighted by molar-refractivity contribution is 6.18. The number of Topliss-reactive ketones (excluding diaryl/α,β-unsaturated/α-hetero) is 1. The fraction of sp³-hybridized carbons (Fsp3) is 0.367. The van der Waals surface area contributed by atoms with Gasteiger partial charge in [-0.15, -0.1) is 23.2 Å². The molecule has 198 valence electrons. The lowest BCUT2D eigenvalue weighted by atomic mass is 10.1. The Balaban J connectivity index is 0.000000178. The summed E-state index contributed by atoms with van der Waals surface area (Å²) in [5.74, 6) is 1.27. The van der Waals surface area contributed by atoms with Gasteiger partial charge in [0.05, 0.1) is 13.1 Å². The first-order valence-electron chi connectivity index (χ1n) is 12.8. The number of aromatic amines is 2. The van der Waals surface area contributed by atoms with E-state index in [-0.39, 0.29) is 5.78 Å². The first-order chi connectivity index (χ1) is 18.6. The normalized spacial score (nSPS) is 12.2. The number of ether oxygens (including phenoxy) is 1. The summed E-state index contributed by atoms with van der Waals surface area (Å²) >= 11 is 11.2. The minimum atomic E-state index is 0.0685. The van der Waals surface area contributed by atoms with Crippen molar-refractivity contribution in [2.24, 2.45) is 0 Å². The number of alkyl halides is 2. The standard InChI is InChI=1S/C13H11ClN2O.C13H13ClN2.C4H8O/c1-15-9-4-5-12-10(7-9)11(8-16-12)13(17)3-2-6-14;1-15-11-5-6-13-12(8-11)10(9-16-13)4-2-3-7-14;1-2-4-5-3-1/h4-5,7-8,16H,2-3,6H2;5-6,8-9,16H,2-4,7H2;1-4H2. The molecule has 0 bridgehead atoms. The Morgan fingerprint density at radius 1 is 0.842 bits per heavy atom. The third-order valence-corrected chi connectivity index (χ3v) is 6.70. The number of benzene rings is 2. The molecule has 0 saturated carbocycles. The predicted molar refractivity (Wildman–Crippen MR) is 157 cm³/mol. The Bertz CT molecular complexity index is 1400. The summed E-state index contributed by atoms with van der Waals surface area (Å²) in [7, 11) is 0. The molecule has 2 aromatic carbocycles. The second-order valence-corrected chi connectivity index (χ2v) is 9.64. The third kappa shape index (κ3) is 8.36. The number of hydrogen-bond donors (Lipinski definition) is 2. The van der Waals surface area contributed by atoms with Crippen LogP contribution in [0, 0.1) is 13.1 Å². The molecule has 6 nitrogen and oxygen atoms in total. The number of nitrogens with zero attached hydrogens (tertiary/aromatic N) is 2. The molecule has 1 fully saturated rings. The number of hydrogen-bond acceptors (Lipinski definition) is 2. The molecule has 2 N–H and O–H groups in total. The molecule has 0 radical (unpaired) electrons. The number of carbonyl (C=O) groups is 1. The van der Waals surface area contributed by atoms with E-state index in [0.29, 0.717) is 35.7 Å². The maximum Gasteiger partial charge on any atom is 0.188 e. The number of nitrogens with one attached hydrogen (secondary N) is 2. The number of halogens is 2. The number of rotatable bonds is 8. The van der Waals surface area contributed by atoms with Gasteiger partial charge < -0.3 is 14.7 Å². The van der Waals surface area contributed by atoms with Crippen LogP contribution in [0.25, 0.3) is 31.5 Å². The summed E-state index contributed by atoms with van der Waals surface area (Å²) in [6.07, 6.45) is 10.6. The van der Waals surface area contributed by atoms with Crippen LogP contribution < -0.4 is 0 Å². The average Bonchev–Trinajstić information content (AvgIpc) is 3.74. The zero-order chi connectivity index (χ0) is 27.2. The number of aromatic nitrogens is 2. The van der Waals surface area contributed by atoms with Crippen molar-refractivity contribution in [1.29, 1.82) is 0 Å². The molecule has 2 aromatic heterocycles. The quantitative estimate of drug-likeness (QED) is 0.0993. The van der Waals surface area contributed by atoms with Gasteiger partial charge in [-0.3, -0.25) is 4.79 Å². The van der Waals surface area contributed by atoms with Crippen molar-refractivity contribution in [3.05, 3.63) is 82.8 Å². The van der Waals surface area contributed by atoms with Gasteiger partial charge in [0.2, 0.25) is 0 Å². The second-order valence-electron chi connectivity index (χ2n) is 8.88. The van der Waals surface area contributed by atoms with Gasteiger partial charge in [-0.05, 0) is 79.1 Å². The lowest BCUT2D eigenvalue weighted by Crippen LogP contribution is -1.97. The van der Waals surface area contributed by atoms with E-state index in [0.717, 1.165) is 54.8 Å². The molecule has 1 saturated heterocycles. The molecule has 5 rings (SSSR count). The van der Waals surface area contributed by atoms with Crippen LogP contribution in [0.3, 0.4) is 0 Å². The van der Waals surface area contributed by atoms with E-state index < -0.39 is 0 Å². The summed E-state index contributed by atoms with van der Waals surface area (Å²) in [5, 5.41) is 1.99. The van der Waals surface area contributed by atoms with Gasteiger partial charge in [-0.25, -0.2) is 9.69 Å². The molecular weight excluding hydrogens is 519 g/mol. The number of fused-ring (bicyclic) bond motifs is 2. The summed E-state index contributed by atoms with van der Waals surface area (Å²) < 4.78 is 4.94. The Morgan fingerprint density at radius 3 is 2.03 bits per heavy atom. The number of ketones is 1. The predicted octanol–water partition coefficient (Wildman–Crippen LogP) is 9.00. The largest absolute Gasteiger partial charge is 0.381 e. The lowest BCUT2D eigenvalue weighted by Gasteiger charge is -1.98. The first kappa shape index (κ1) is 29.3. The molecule has 4 aromatic rings. The number of aryl methyl sites for hydroxylation is 1. The van der Waals surface area contributed by atoms with Gasteiger partial charge in [0, 0.05) is 60.4 Å². The van der Waals surface area contributed by atoms with Crippen LogP contribution in [-0.2, 0) is 11.2 Å². The van der Waals surface area contributed by atoms with Gasteiger partial charge in [0.1, 0.15) is 0 Å². The van der Waals surface area contributed by atoms with Crippen LogP contribution in [0.1, 0.15) is 54.4 Å².